The molecule has 10 nitrogen and oxygen atoms in total. The molecular weight excluding hydrogens is 703 g/mol. The predicted octanol–water partition coefficient (Wildman–Crippen LogP) is 8.39. The van der Waals surface area contributed by atoms with E-state index in [4.69, 9.17) is 5.11 Å². The number of carbonyl (C=O) groups is 5. The van der Waals surface area contributed by atoms with Crippen molar-refractivity contribution in [1.29, 1.82) is 0 Å². The highest BCUT2D eigenvalue weighted by Gasteiger charge is 2.36. The van der Waals surface area contributed by atoms with Gasteiger partial charge in [0.25, 0.3) is 11.8 Å². The first kappa shape index (κ1) is 38.4. The van der Waals surface area contributed by atoms with Crippen LogP contribution in [0.15, 0.2) is 72.8 Å². The maximum Gasteiger partial charge on any atom is 0.335 e. The second kappa shape index (κ2) is 16.8. The van der Waals surface area contributed by atoms with Crippen molar-refractivity contribution in [2.75, 3.05) is 10.6 Å². The van der Waals surface area contributed by atoms with E-state index in [1.54, 1.807) is 44.2 Å². The van der Waals surface area contributed by atoms with Gasteiger partial charge in [-0.1, -0.05) is 50.2 Å². The van der Waals surface area contributed by atoms with Crippen LogP contribution in [0.4, 0.5) is 10.7 Å². The van der Waals surface area contributed by atoms with Crippen molar-refractivity contribution in [3.63, 3.8) is 0 Å². The lowest BCUT2D eigenvalue weighted by atomic mass is 9.85. The molecule has 0 unspecified atom stereocenters. The minimum atomic E-state index is -0.934. The second-order valence-corrected chi connectivity index (χ2v) is 16.3. The van der Waals surface area contributed by atoms with Crippen LogP contribution in [0.3, 0.4) is 0 Å². The molecule has 0 bridgehead atoms. The molecule has 2 aliphatic rings. The smallest absolute Gasteiger partial charge is 0.335 e. The molecule has 1 aromatic heterocycles. The summed E-state index contributed by atoms with van der Waals surface area (Å²) in [4.78, 5) is 66.3. The van der Waals surface area contributed by atoms with Crippen molar-refractivity contribution in [2.24, 2.45) is 5.41 Å². The molecule has 0 radical (unpaired) electrons. The van der Waals surface area contributed by atoms with E-state index in [2.05, 4.69) is 10.6 Å². The topological polar surface area (TPSA) is 153 Å². The summed E-state index contributed by atoms with van der Waals surface area (Å²) in [6.45, 7) is 3.91. The number of rotatable bonds is 16. The molecule has 1 heterocycles. The highest BCUT2D eigenvalue weighted by molar-refractivity contribution is 7.17. The molecule has 6 rings (SSSR count). The number of nitrogens with zero attached hydrogens (tertiary/aromatic N) is 1. The third kappa shape index (κ3) is 10.0. The second-order valence-electron chi connectivity index (χ2n) is 15.2. The Kier molecular flexibility index (Phi) is 12.0. The fourth-order valence-corrected chi connectivity index (χ4v) is 8.41. The Morgan fingerprint density at radius 3 is 2.09 bits per heavy atom. The van der Waals surface area contributed by atoms with Gasteiger partial charge in [0.2, 0.25) is 5.91 Å². The maximum atomic E-state index is 13.9. The molecule has 1 saturated carbocycles. The average Bonchev–Trinajstić information content (AvgIpc) is 3.90. The minimum Gasteiger partial charge on any atom is -0.481 e. The number of hydrogen-bond donors (Lipinski definition) is 4. The molecule has 11 heteroatoms. The Hall–Kier alpha value is -5.29. The number of carboxylic acids is 2. The van der Waals surface area contributed by atoms with Crippen LogP contribution in [0.5, 0.6) is 0 Å². The van der Waals surface area contributed by atoms with Crippen molar-refractivity contribution >= 4 is 51.7 Å². The van der Waals surface area contributed by atoms with Gasteiger partial charge in [0.1, 0.15) is 5.00 Å². The monoisotopic (exact) mass is 749 g/mol. The lowest BCUT2D eigenvalue weighted by Crippen LogP contribution is -2.36. The summed E-state index contributed by atoms with van der Waals surface area (Å²) in [5, 5.41) is 25.0. The maximum absolute atomic E-state index is 13.9. The van der Waals surface area contributed by atoms with Gasteiger partial charge in [-0.15, -0.1) is 11.3 Å². The molecule has 3 aromatic carbocycles. The molecule has 0 atom stereocenters. The van der Waals surface area contributed by atoms with Crippen molar-refractivity contribution in [3.8, 4) is 0 Å². The fourth-order valence-electron chi connectivity index (χ4n) is 7.13. The van der Waals surface area contributed by atoms with Crippen LogP contribution in [-0.4, -0.2) is 50.8 Å². The number of nitrogens with one attached hydrogen (secondary N) is 2. The molecular formula is C43H47N3O7S. The zero-order valence-corrected chi connectivity index (χ0v) is 31.6. The van der Waals surface area contributed by atoms with Crippen LogP contribution in [-0.2, 0) is 41.8 Å². The lowest BCUT2D eigenvalue weighted by molar-refractivity contribution is -0.141. The zero-order chi connectivity index (χ0) is 38.4. The summed E-state index contributed by atoms with van der Waals surface area (Å²) >= 11 is 1.46. The zero-order valence-electron chi connectivity index (χ0n) is 30.8. The van der Waals surface area contributed by atoms with Crippen LogP contribution in [0, 0.1) is 5.41 Å². The summed E-state index contributed by atoms with van der Waals surface area (Å²) in [6, 6.07) is 22.0. The van der Waals surface area contributed by atoms with Crippen molar-refractivity contribution in [3.05, 3.63) is 117 Å². The first-order valence-electron chi connectivity index (χ1n) is 18.6. The summed E-state index contributed by atoms with van der Waals surface area (Å²) in [7, 11) is 0. The number of anilines is 2. The number of amides is 3. The third-order valence-electron chi connectivity index (χ3n) is 10.1. The molecule has 1 fully saturated rings. The van der Waals surface area contributed by atoms with E-state index in [1.165, 1.54) is 11.3 Å². The molecule has 2 aliphatic carbocycles. The van der Waals surface area contributed by atoms with Crippen molar-refractivity contribution < 1.29 is 34.2 Å². The van der Waals surface area contributed by atoms with E-state index >= 15 is 0 Å². The Morgan fingerprint density at radius 2 is 1.44 bits per heavy atom. The van der Waals surface area contributed by atoms with E-state index in [0.717, 1.165) is 84.9 Å². The number of aliphatic carboxylic acids is 1. The number of fused-ring (bicyclic) bond motifs is 1. The van der Waals surface area contributed by atoms with Crippen LogP contribution in [0.2, 0.25) is 0 Å². The molecule has 282 valence electrons. The van der Waals surface area contributed by atoms with Crippen LogP contribution >= 0.6 is 11.3 Å². The van der Waals surface area contributed by atoms with E-state index in [0.29, 0.717) is 28.4 Å². The molecule has 54 heavy (non-hydrogen) atoms. The summed E-state index contributed by atoms with van der Waals surface area (Å²) in [5.41, 5.74) is 5.21. The first-order valence-corrected chi connectivity index (χ1v) is 19.5. The van der Waals surface area contributed by atoms with Gasteiger partial charge in [0, 0.05) is 35.1 Å². The Labute approximate surface area is 319 Å². The van der Waals surface area contributed by atoms with E-state index < -0.39 is 17.4 Å². The molecule has 0 aliphatic heterocycles. The van der Waals surface area contributed by atoms with Crippen molar-refractivity contribution in [2.45, 2.75) is 97.1 Å². The van der Waals surface area contributed by atoms with E-state index in [1.807, 2.05) is 47.4 Å². The number of hydrogen-bond acceptors (Lipinski definition) is 6. The summed E-state index contributed by atoms with van der Waals surface area (Å²) < 4.78 is 0. The number of aromatic carboxylic acids is 1. The summed E-state index contributed by atoms with van der Waals surface area (Å²) in [6.07, 6.45) is 8.03. The standard InChI is InChI=1S/C43H47N3O7S/c1-43(2,25-37(48)49)24-36(47)46(33-21-22-33)26-29-9-6-10-31(23-29)39(50)45-41-38(34-11-3-4-12-35(34)54-41)40(51)44-32-19-15-28(16-20-32)8-5-7-27-13-17-30(18-14-27)42(52)53/h6,9-10,13-20,23,33H,3-5,7-8,11-12,21-22,24-26H2,1-2H3,(H,44,51)(H,45,50)(H,48,49)(H,52,53). The highest BCUT2D eigenvalue weighted by atomic mass is 32.1. The van der Waals surface area contributed by atoms with Gasteiger partial charge < -0.3 is 25.7 Å². The van der Waals surface area contributed by atoms with E-state index in [-0.39, 0.29) is 42.2 Å². The largest absolute Gasteiger partial charge is 0.481 e. The third-order valence-corrected chi connectivity index (χ3v) is 11.3. The number of thiophene rings is 1. The van der Waals surface area contributed by atoms with Crippen molar-refractivity contribution in [1.82, 2.24) is 4.90 Å². The number of aryl methyl sites for hydroxylation is 3. The van der Waals surface area contributed by atoms with Gasteiger partial charge in [0.05, 0.1) is 17.5 Å². The van der Waals surface area contributed by atoms with Gasteiger partial charge >= 0.3 is 11.9 Å². The molecule has 0 spiro atoms. The van der Waals surface area contributed by atoms with Crippen LogP contribution in [0.25, 0.3) is 0 Å². The Bertz CT molecular complexity index is 2030. The van der Waals surface area contributed by atoms with Gasteiger partial charge in [-0.2, -0.15) is 0 Å². The number of benzene rings is 3. The predicted molar refractivity (Wildman–Crippen MR) is 209 cm³/mol. The molecule has 4 aromatic rings. The van der Waals surface area contributed by atoms with Gasteiger partial charge in [-0.25, -0.2) is 4.79 Å². The molecule has 3 amide bonds. The quantitative estimate of drug-likeness (QED) is 0.0898. The lowest BCUT2D eigenvalue weighted by Gasteiger charge is -2.28. The SMILES string of the molecule is CC(C)(CC(=O)O)CC(=O)N(Cc1cccc(C(=O)Nc2sc3c(c2C(=O)Nc2ccc(CCCc4ccc(C(=O)O)cc4)cc2)CCCC3)c1)C1CC1. The molecule has 0 saturated heterocycles. The van der Waals surface area contributed by atoms with Gasteiger partial charge in [-0.05, 0) is 122 Å². The van der Waals surface area contributed by atoms with E-state index in [9.17, 15) is 29.1 Å². The normalized spacial score (nSPS) is 13.8. The Morgan fingerprint density at radius 1 is 0.778 bits per heavy atom. The number of carboxylic acid groups (broad SMARTS) is 2. The van der Waals surface area contributed by atoms with Crippen LogP contribution < -0.4 is 10.6 Å². The highest BCUT2D eigenvalue weighted by Crippen LogP contribution is 2.39. The summed E-state index contributed by atoms with van der Waals surface area (Å²) in [5.74, 6) is -2.55. The molecule has 4 N–H and O–H groups in total. The average molecular weight is 750 g/mol. The fraction of sp³-hybridized carbons (Fsp3) is 0.372. The minimum absolute atomic E-state index is 0.0879. The van der Waals surface area contributed by atoms with Gasteiger partial charge in [-0.3, -0.25) is 19.2 Å². The van der Waals surface area contributed by atoms with Crippen LogP contribution in [0.1, 0.15) is 117 Å². The number of carbonyl (C=O) groups excluding carboxylic acids is 3. The first-order chi connectivity index (χ1) is 25.8. The Balaban J connectivity index is 1.10. The van der Waals surface area contributed by atoms with Gasteiger partial charge in [0.15, 0.2) is 0 Å².